The SMILES string of the molecule is CC[C@H](C)[C@@H]([C@@H](CC(=O)N1CCC[C@H]1[C@H](OC)[C@@H](C)C(=O)N[C@@H](Cc1ccccc1)C(=O)NS(=O)(=O)c1ccc(CNC(C)=O)cc1)OC)N(C)C(=O)[C@@H](CC(=O)[C@H](C(C)C)N(C)C)C(C)C. The molecule has 1 aliphatic heterocycles. The fourth-order valence-electron chi connectivity index (χ4n) is 9.41. The van der Waals surface area contributed by atoms with E-state index < -0.39 is 64.0 Å². The predicted octanol–water partition coefficient (Wildman–Crippen LogP) is 4.59. The Kier molecular flexibility index (Phi) is 22.1. The number of Topliss-reactive ketones (excluding diaryl/α,β-unsaturated/α-hetero) is 1. The Morgan fingerprint density at radius 1 is 0.821 bits per heavy atom. The minimum absolute atomic E-state index is 0.0110. The van der Waals surface area contributed by atoms with E-state index in [2.05, 4.69) is 15.4 Å². The zero-order valence-corrected chi connectivity index (χ0v) is 42.9. The highest BCUT2D eigenvalue weighted by atomic mass is 32.2. The Labute approximate surface area is 399 Å². The van der Waals surface area contributed by atoms with Crippen molar-refractivity contribution in [3.63, 3.8) is 0 Å². The predicted molar refractivity (Wildman–Crippen MR) is 258 cm³/mol. The molecule has 67 heavy (non-hydrogen) atoms. The molecule has 9 atom stereocenters. The Bertz CT molecular complexity index is 2060. The maximum absolute atomic E-state index is 14.4. The van der Waals surface area contributed by atoms with Crippen molar-refractivity contribution in [1.29, 1.82) is 0 Å². The maximum Gasteiger partial charge on any atom is 0.264 e. The number of ether oxygens (including phenoxy) is 2. The van der Waals surface area contributed by atoms with Gasteiger partial charge in [0.1, 0.15) is 6.04 Å². The van der Waals surface area contributed by atoms with Crippen LogP contribution < -0.4 is 15.4 Å². The van der Waals surface area contributed by atoms with Crippen molar-refractivity contribution < 1.29 is 46.7 Å². The van der Waals surface area contributed by atoms with Crippen molar-refractivity contribution in [2.45, 2.75) is 142 Å². The van der Waals surface area contributed by atoms with Crippen LogP contribution in [0.15, 0.2) is 59.5 Å². The van der Waals surface area contributed by atoms with Crippen molar-refractivity contribution >= 4 is 45.3 Å². The highest BCUT2D eigenvalue weighted by Crippen LogP contribution is 2.31. The van der Waals surface area contributed by atoms with Gasteiger partial charge < -0.3 is 29.9 Å². The lowest BCUT2D eigenvalue weighted by atomic mass is 9.83. The zero-order valence-electron chi connectivity index (χ0n) is 42.0. The van der Waals surface area contributed by atoms with Crippen molar-refractivity contribution in [2.75, 3.05) is 41.9 Å². The van der Waals surface area contributed by atoms with Gasteiger partial charge in [0.05, 0.1) is 47.6 Å². The summed E-state index contributed by atoms with van der Waals surface area (Å²) in [7, 11) is 4.11. The molecule has 17 heteroatoms. The van der Waals surface area contributed by atoms with Gasteiger partial charge in [0.25, 0.3) is 15.9 Å². The maximum atomic E-state index is 14.4. The van der Waals surface area contributed by atoms with Crippen LogP contribution in [0.25, 0.3) is 0 Å². The van der Waals surface area contributed by atoms with Gasteiger partial charge >= 0.3 is 0 Å². The van der Waals surface area contributed by atoms with Crippen molar-refractivity contribution in [2.24, 2.45) is 29.6 Å². The quantitative estimate of drug-likeness (QED) is 0.119. The second kappa shape index (κ2) is 26.2. The molecule has 2 aromatic carbocycles. The summed E-state index contributed by atoms with van der Waals surface area (Å²) in [5.41, 5.74) is 1.34. The topological polar surface area (TPSA) is 201 Å². The molecule has 374 valence electrons. The molecule has 0 aliphatic carbocycles. The molecule has 1 heterocycles. The van der Waals surface area contributed by atoms with Gasteiger partial charge in [0, 0.05) is 60.0 Å². The number of hydrogen-bond donors (Lipinski definition) is 3. The van der Waals surface area contributed by atoms with Gasteiger partial charge in [0.2, 0.25) is 23.6 Å². The molecule has 16 nitrogen and oxygen atoms in total. The number of nitrogens with zero attached hydrogens (tertiary/aromatic N) is 3. The Balaban J connectivity index is 1.83. The lowest BCUT2D eigenvalue weighted by molar-refractivity contribution is -0.149. The number of ketones is 1. The number of likely N-dealkylation sites (tertiary alicyclic amines) is 1. The molecule has 3 N–H and O–H groups in total. The first-order valence-electron chi connectivity index (χ1n) is 23.5. The summed E-state index contributed by atoms with van der Waals surface area (Å²) in [6, 6.07) is 12.0. The first kappa shape index (κ1) is 56.6. The van der Waals surface area contributed by atoms with Crippen LogP contribution in [0.1, 0.15) is 98.6 Å². The van der Waals surface area contributed by atoms with Crippen LogP contribution in [0.3, 0.4) is 0 Å². The molecule has 0 unspecified atom stereocenters. The smallest absolute Gasteiger partial charge is 0.264 e. The number of carbonyl (C=O) groups excluding carboxylic acids is 6. The van der Waals surface area contributed by atoms with Gasteiger partial charge in [-0.2, -0.15) is 0 Å². The summed E-state index contributed by atoms with van der Waals surface area (Å²) in [5.74, 6) is -3.72. The zero-order chi connectivity index (χ0) is 50.3. The second-order valence-corrected chi connectivity index (χ2v) is 20.7. The average Bonchev–Trinajstić information content (AvgIpc) is 3.76. The highest BCUT2D eigenvalue weighted by molar-refractivity contribution is 7.90. The molecule has 1 saturated heterocycles. The molecular formula is C50H78N6O10S. The minimum Gasteiger partial charge on any atom is -0.379 e. The summed E-state index contributed by atoms with van der Waals surface area (Å²) >= 11 is 0. The molecule has 0 bridgehead atoms. The van der Waals surface area contributed by atoms with E-state index in [0.29, 0.717) is 36.9 Å². The number of benzene rings is 2. The van der Waals surface area contributed by atoms with Crippen LogP contribution in [0.2, 0.25) is 0 Å². The van der Waals surface area contributed by atoms with Crippen LogP contribution in [-0.4, -0.2) is 137 Å². The average molecular weight is 955 g/mol. The van der Waals surface area contributed by atoms with Gasteiger partial charge in [-0.1, -0.05) is 97.4 Å². The van der Waals surface area contributed by atoms with Gasteiger partial charge in [-0.15, -0.1) is 0 Å². The fourth-order valence-corrected chi connectivity index (χ4v) is 10.4. The number of methoxy groups -OCH3 is 2. The summed E-state index contributed by atoms with van der Waals surface area (Å²) in [6.45, 7) is 15.6. The van der Waals surface area contributed by atoms with E-state index >= 15 is 0 Å². The number of sulfonamides is 1. The van der Waals surface area contributed by atoms with Crippen LogP contribution >= 0.6 is 0 Å². The standard InChI is InChI=1S/C50H78N6O10S/c1-14-33(6)46(55(11)50(62)39(31(2)3)28-42(58)45(32(4)5)54(9)10)43(65-12)29-44(59)56-26-18-21-41(56)47(66-13)34(7)48(60)52-40(27-36-19-16-15-17-20-36)49(61)53-67(63,64)38-24-22-37(23-25-38)30-51-35(8)57/h15-17,19-20,22-25,31-34,39-41,43,45-47H,14,18,21,26-30H2,1-13H3,(H,51,57)(H,52,60)(H,53,61)/t33-,34+,39-,40-,41-,43+,45-,46-,47+/m0/s1. The van der Waals surface area contributed by atoms with Crippen LogP contribution in [0.4, 0.5) is 0 Å². The Morgan fingerprint density at radius 2 is 1.45 bits per heavy atom. The molecule has 5 amide bonds. The monoisotopic (exact) mass is 955 g/mol. The third-order valence-corrected chi connectivity index (χ3v) is 14.6. The lowest BCUT2D eigenvalue weighted by Crippen LogP contribution is -2.55. The van der Waals surface area contributed by atoms with E-state index in [9.17, 15) is 37.2 Å². The number of nitrogens with one attached hydrogen (secondary N) is 3. The summed E-state index contributed by atoms with van der Waals surface area (Å²) in [4.78, 5) is 86.9. The largest absolute Gasteiger partial charge is 0.379 e. The molecule has 2 aromatic rings. The highest BCUT2D eigenvalue weighted by Gasteiger charge is 2.44. The van der Waals surface area contributed by atoms with Gasteiger partial charge in [-0.25, -0.2) is 13.1 Å². The summed E-state index contributed by atoms with van der Waals surface area (Å²) in [5, 5.41) is 5.43. The van der Waals surface area contributed by atoms with Crippen molar-refractivity contribution in [3.05, 3.63) is 65.7 Å². The molecule has 0 aromatic heterocycles. The summed E-state index contributed by atoms with van der Waals surface area (Å²) in [6.07, 6.45) is 0.421. The third-order valence-electron chi connectivity index (χ3n) is 13.2. The molecule has 0 radical (unpaired) electrons. The second-order valence-electron chi connectivity index (χ2n) is 19.0. The number of amides is 5. The Morgan fingerprint density at radius 3 is 1.97 bits per heavy atom. The van der Waals surface area contributed by atoms with E-state index in [-0.39, 0.29) is 78.0 Å². The van der Waals surface area contributed by atoms with Crippen LogP contribution in [0.5, 0.6) is 0 Å². The molecule has 1 fully saturated rings. The summed E-state index contributed by atoms with van der Waals surface area (Å²) < 4.78 is 41.0. The van der Waals surface area contributed by atoms with Gasteiger partial charge in [-0.05, 0) is 68.0 Å². The molecule has 0 saturated carbocycles. The number of likely N-dealkylation sites (N-methyl/N-ethyl adjacent to an activating group) is 2. The van der Waals surface area contributed by atoms with Crippen molar-refractivity contribution in [1.82, 2.24) is 30.1 Å². The molecule has 3 rings (SSSR count). The minimum atomic E-state index is -4.36. The number of carbonyl (C=O) groups is 6. The number of rotatable bonds is 26. The van der Waals surface area contributed by atoms with Crippen LogP contribution in [-0.2, 0) is 61.2 Å². The number of hydrogen-bond acceptors (Lipinski definition) is 11. The fraction of sp³-hybridized carbons (Fsp3) is 0.640. The van der Waals surface area contributed by atoms with E-state index in [4.69, 9.17) is 9.47 Å². The first-order chi connectivity index (χ1) is 31.5. The van der Waals surface area contributed by atoms with Crippen LogP contribution in [0, 0.1) is 29.6 Å². The van der Waals surface area contributed by atoms with E-state index in [1.165, 1.54) is 45.4 Å². The Hall–Kier alpha value is -4.71. The molecule has 1 aliphatic rings. The third kappa shape index (κ3) is 15.7. The normalized spacial score (nSPS) is 17.8. The van der Waals surface area contributed by atoms with Crippen molar-refractivity contribution in [3.8, 4) is 0 Å². The lowest BCUT2D eigenvalue weighted by Gasteiger charge is -2.41. The first-order valence-corrected chi connectivity index (χ1v) is 25.0. The van der Waals surface area contributed by atoms with Gasteiger partial charge in [0.15, 0.2) is 5.78 Å². The van der Waals surface area contributed by atoms with Gasteiger partial charge in [-0.3, -0.25) is 33.7 Å². The van der Waals surface area contributed by atoms with E-state index in [0.717, 1.165) is 0 Å². The molecule has 0 spiro atoms. The molecular weight excluding hydrogens is 877 g/mol. The van der Waals surface area contributed by atoms with E-state index in [1.54, 1.807) is 54.1 Å². The van der Waals surface area contributed by atoms with E-state index in [1.807, 2.05) is 60.5 Å².